The molecule has 0 atom stereocenters. The van der Waals surface area contributed by atoms with Crippen LogP contribution in [-0.4, -0.2) is 34.0 Å². The Hall–Kier alpha value is -2.77. The molecule has 2 heterocycles. The first-order chi connectivity index (χ1) is 14.6. The van der Waals surface area contributed by atoms with Crippen LogP contribution in [-0.2, 0) is 6.54 Å². The number of nitrogens with one attached hydrogen (secondary N) is 1. The van der Waals surface area contributed by atoms with Gasteiger partial charge in [-0.25, -0.2) is 14.8 Å². The number of hydrogen-bond acceptors (Lipinski definition) is 5. The molecular weight excluding hydrogens is 394 g/mol. The summed E-state index contributed by atoms with van der Waals surface area (Å²) in [4.78, 5) is 24.4. The van der Waals surface area contributed by atoms with Gasteiger partial charge in [0.2, 0.25) is 0 Å². The molecule has 3 aromatic rings. The fourth-order valence-corrected chi connectivity index (χ4v) is 5.12. The van der Waals surface area contributed by atoms with Gasteiger partial charge >= 0.3 is 6.03 Å². The van der Waals surface area contributed by atoms with E-state index < -0.39 is 6.03 Å². The van der Waals surface area contributed by atoms with Gasteiger partial charge in [-0.15, -0.1) is 11.3 Å². The predicted molar refractivity (Wildman–Crippen MR) is 122 cm³/mol. The lowest BCUT2D eigenvalue weighted by molar-refractivity contribution is 0.184. The van der Waals surface area contributed by atoms with E-state index in [4.69, 9.17) is 5.73 Å². The lowest BCUT2D eigenvalue weighted by Crippen LogP contribution is -2.32. The molecule has 2 aromatic heterocycles. The average Bonchev–Trinajstić information content (AvgIpc) is 3.18. The third-order valence-electron chi connectivity index (χ3n) is 5.63. The molecule has 0 saturated heterocycles. The van der Waals surface area contributed by atoms with Crippen molar-refractivity contribution in [1.29, 1.82) is 0 Å². The molecule has 0 bridgehead atoms. The topological polar surface area (TPSA) is 84.1 Å². The molecular formula is C23H27N5OS. The molecule has 7 heteroatoms. The fourth-order valence-electron chi connectivity index (χ4n) is 4.05. The van der Waals surface area contributed by atoms with Crippen LogP contribution in [0.5, 0.6) is 0 Å². The Balaban J connectivity index is 1.53. The minimum absolute atomic E-state index is 0.572. The number of nitrogens with zero attached hydrogens (tertiary/aromatic N) is 3. The van der Waals surface area contributed by atoms with Crippen molar-refractivity contribution < 1.29 is 4.79 Å². The van der Waals surface area contributed by atoms with Gasteiger partial charge in [0.25, 0.3) is 0 Å². The summed E-state index contributed by atoms with van der Waals surface area (Å²) in [7, 11) is 2.23. The summed E-state index contributed by atoms with van der Waals surface area (Å²) < 4.78 is 0. The van der Waals surface area contributed by atoms with Gasteiger partial charge in [-0.2, -0.15) is 0 Å². The summed E-state index contributed by atoms with van der Waals surface area (Å²) in [5.41, 5.74) is 8.40. The van der Waals surface area contributed by atoms with E-state index in [9.17, 15) is 4.79 Å². The van der Waals surface area contributed by atoms with E-state index in [1.165, 1.54) is 37.7 Å². The number of urea groups is 1. The smallest absolute Gasteiger partial charge is 0.316 e. The van der Waals surface area contributed by atoms with Crippen LogP contribution < -0.4 is 11.1 Å². The fraction of sp³-hybridized carbons (Fsp3) is 0.348. The molecule has 0 radical (unpaired) electrons. The second-order valence-electron chi connectivity index (χ2n) is 7.82. The molecule has 4 rings (SSSR count). The zero-order chi connectivity index (χ0) is 20.9. The minimum atomic E-state index is -0.599. The van der Waals surface area contributed by atoms with Crippen molar-refractivity contribution in [2.75, 3.05) is 12.4 Å². The number of nitrogens with two attached hydrogens (primary N) is 1. The van der Waals surface area contributed by atoms with E-state index >= 15 is 0 Å². The Kier molecular flexibility index (Phi) is 6.40. The van der Waals surface area contributed by atoms with E-state index in [2.05, 4.69) is 51.5 Å². The second kappa shape index (κ2) is 9.36. The minimum Gasteiger partial charge on any atom is -0.351 e. The lowest BCUT2D eigenvalue weighted by Gasteiger charge is -2.31. The summed E-state index contributed by atoms with van der Waals surface area (Å²) in [5.74, 6) is 0.572. The number of thiophene rings is 1. The van der Waals surface area contributed by atoms with Crippen molar-refractivity contribution in [3.63, 3.8) is 0 Å². The van der Waals surface area contributed by atoms with E-state index in [-0.39, 0.29) is 0 Å². The molecule has 6 nitrogen and oxygen atoms in total. The molecule has 1 aromatic carbocycles. The summed E-state index contributed by atoms with van der Waals surface area (Å²) >= 11 is 1.54. The first kappa shape index (κ1) is 20.5. The lowest BCUT2D eigenvalue weighted by atomic mass is 9.94. The summed E-state index contributed by atoms with van der Waals surface area (Å²) in [6, 6.07) is 12.5. The number of anilines is 1. The van der Waals surface area contributed by atoms with Crippen LogP contribution in [0.15, 0.2) is 48.8 Å². The molecule has 0 unspecified atom stereocenters. The Labute approximate surface area is 181 Å². The third kappa shape index (κ3) is 4.86. The number of amides is 2. The van der Waals surface area contributed by atoms with E-state index in [1.807, 2.05) is 6.07 Å². The van der Waals surface area contributed by atoms with Crippen LogP contribution in [0.25, 0.3) is 21.1 Å². The number of benzene rings is 1. The van der Waals surface area contributed by atoms with Gasteiger partial charge in [0.05, 0.1) is 10.6 Å². The van der Waals surface area contributed by atoms with Gasteiger partial charge in [-0.05, 0) is 43.1 Å². The maximum atomic E-state index is 11.4. The average molecular weight is 422 g/mol. The first-order valence-electron chi connectivity index (χ1n) is 10.4. The van der Waals surface area contributed by atoms with Crippen molar-refractivity contribution >= 4 is 23.1 Å². The highest BCUT2D eigenvalue weighted by Crippen LogP contribution is 2.40. The molecule has 1 aliphatic rings. The molecule has 30 heavy (non-hydrogen) atoms. The zero-order valence-electron chi connectivity index (χ0n) is 17.2. The summed E-state index contributed by atoms with van der Waals surface area (Å²) in [5, 5.41) is 2.70. The number of hydrogen-bond donors (Lipinski definition) is 2. The van der Waals surface area contributed by atoms with Crippen LogP contribution in [0.4, 0.5) is 10.5 Å². The Morgan fingerprint density at radius 3 is 2.53 bits per heavy atom. The highest BCUT2D eigenvalue weighted by molar-refractivity contribution is 7.19. The normalized spacial score (nSPS) is 14.7. The van der Waals surface area contributed by atoms with Gasteiger partial charge in [0.15, 0.2) is 5.82 Å². The molecule has 2 amide bonds. The first-order valence-corrected chi connectivity index (χ1v) is 11.2. The predicted octanol–water partition coefficient (Wildman–Crippen LogP) is 5.13. The van der Waals surface area contributed by atoms with Gasteiger partial charge in [0, 0.05) is 29.9 Å². The van der Waals surface area contributed by atoms with Crippen molar-refractivity contribution in [3.8, 4) is 21.1 Å². The maximum Gasteiger partial charge on any atom is 0.316 e. The van der Waals surface area contributed by atoms with Gasteiger partial charge in [0.1, 0.15) is 0 Å². The largest absolute Gasteiger partial charge is 0.351 e. The zero-order valence-corrected chi connectivity index (χ0v) is 18.0. The molecule has 0 aliphatic heterocycles. The molecule has 1 aliphatic carbocycles. The van der Waals surface area contributed by atoms with Crippen LogP contribution in [0.1, 0.15) is 37.7 Å². The highest BCUT2D eigenvalue weighted by Gasteiger charge is 2.18. The standard InChI is InChI=1S/C23H27N5OS/c1-28(18-6-3-2-4-7-18)15-16-8-10-17(11-9-16)20-14-19(27-23(24)29)21(30-20)22-25-12-5-13-26-22/h5,8-14,18H,2-4,6-7,15H2,1H3,(H3,24,27,29). The molecule has 3 N–H and O–H groups in total. The number of aromatic nitrogens is 2. The van der Waals surface area contributed by atoms with Crippen molar-refractivity contribution in [3.05, 3.63) is 54.4 Å². The Morgan fingerprint density at radius 1 is 1.17 bits per heavy atom. The van der Waals surface area contributed by atoms with Crippen LogP contribution in [0, 0.1) is 0 Å². The van der Waals surface area contributed by atoms with Gasteiger partial charge in [-0.3, -0.25) is 4.90 Å². The number of primary amides is 1. The molecule has 1 saturated carbocycles. The van der Waals surface area contributed by atoms with Crippen molar-refractivity contribution in [2.45, 2.75) is 44.7 Å². The van der Waals surface area contributed by atoms with Crippen LogP contribution in [0.3, 0.4) is 0 Å². The van der Waals surface area contributed by atoms with Gasteiger partial charge < -0.3 is 11.1 Å². The highest BCUT2D eigenvalue weighted by atomic mass is 32.1. The van der Waals surface area contributed by atoms with Crippen LogP contribution >= 0.6 is 11.3 Å². The number of rotatable bonds is 6. The van der Waals surface area contributed by atoms with Gasteiger partial charge in [-0.1, -0.05) is 43.5 Å². The molecule has 0 spiro atoms. The monoisotopic (exact) mass is 421 g/mol. The van der Waals surface area contributed by atoms with E-state index in [0.29, 0.717) is 17.6 Å². The van der Waals surface area contributed by atoms with Crippen molar-refractivity contribution in [2.24, 2.45) is 5.73 Å². The number of carbonyl (C=O) groups excluding carboxylic acids is 1. The molecule has 1 fully saturated rings. The SMILES string of the molecule is CN(Cc1ccc(-c2cc(NC(N)=O)c(-c3ncccn3)s2)cc1)C1CCCCC1. The summed E-state index contributed by atoms with van der Waals surface area (Å²) in [6.07, 6.45) is 10.1. The van der Waals surface area contributed by atoms with E-state index in [0.717, 1.165) is 21.9 Å². The third-order valence-corrected chi connectivity index (χ3v) is 6.81. The Morgan fingerprint density at radius 2 is 1.87 bits per heavy atom. The summed E-state index contributed by atoms with van der Waals surface area (Å²) in [6.45, 7) is 0.965. The maximum absolute atomic E-state index is 11.4. The van der Waals surface area contributed by atoms with Crippen LogP contribution in [0.2, 0.25) is 0 Å². The van der Waals surface area contributed by atoms with Crippen molar-refractivity contribution in [1.82, 2.24) is 14.9 Å². The van der Waals surface area contributed by atoms with E-state index in [1.54, 1.807) is 29.8 Å². The molecule has 156 valence electrons. The quantitative estimate of drug-likeness (QED) is 0.578. The number of carbonyl (C=O) groups is 1. The Bertz CT molecular complexity index is 981. The second-order valence-corrected chi connectivity index (χ2v) is 8.87.